The van der Waals surface area contributed by atoms with Gasteiger partial charge < -0.3 is 14.3 Å². The first-order valence-electron chi connectivity index (χ1n) is 9.89. The van der Waals surface area contributed by atoms with Crippen molar-refractivity contribution in [2.45, 2.75) is 12.5 Å². The van der Waals surface area contributed by atoms with Crippen LogP contribution in [-0.2, 0) is 13.5 Å². The number of aromatic amines is 1. The summed E-state index contributed by atoms with van der Waals surface area (Å²) >= 11 is 3.56. The first-order chi connectivity index (χ1) is 15.6. The second kappa shape index (κ2) is 7.12. The zero-order valence-corrected chi connectivity index (χ0v) is 18.4. The van der Waals surface area contributed by atoms with Gasteiger partial charge in [0.2, 0.25) is 0 Å². The fourth-order valence-corrected chi connectivity index (χ4v) is 4.44. The second-order valence-corrected chi connectivity index (χ2v) is 8.31. The molecule has 0 fully saturated rings. The highest BCUT2D eigenvalue weighted by molar-refractivity contribution is 9.10. The van der Waals surface area contributed by atoms with Gasteiger partial charge in [0.1, 0.15) is 11.7 Å². The summed E-state index contributed by atoms with van der Waals surface area (Å²) in [6.07, 6.45) is 5.91. The van der Waals surface area contributed by atoms with Gasteiger partial charge in [-0.15, -0.1) is 10.2 Å². The zero-order chi connectivity index (χ0) is 21.8. The molecular weight excluding hydrogens is 478 g/mol. The van der Waals surface area contributed by atoms with Crippen molar-refractivity contribution in [3.05, 3.63) is 70.4 Å². The van der Waals surface area contributed by atoms with Crippen molar-refractivity contribution >= 4 is 27.4 Å². The van der Waals surface area contributed by atoms with Crippen LogP contribution in [0.2, 0.25) is 0 Å². The summed E-state index contributed by atoms with van der Waals surface area (Å²) in [5.41, 5.74) is 3.84. The predicted molar refractivity (Wildman–Crippen MR) is 115 cm³/mol. The minimum absolute atomic E-state index is 0.0976. The Bertz CT molecular complexity index is 1460. The van der Waals surface area contributed by atoms with E-state index in [9.17, 15) is 4.79 Å². The van der Waals surface area contributed by atoms with Gasteiger partial charge in [-0.1, -0.05) is 0 Å². The average Bonchev–Trinajstić information content (AvgIpc) is 3.57. The molecule has 0 spiro atoms. The van der Waals surface area contributed by atoms with Crippen LogP contribution in [0.15, 0.2) is 51.9 Å². The molecular formula is C20H16BrN9O2. The Kier molecular flexibility index (Phi) is 4.21. The molecule has 1 aliphatic heterocycles. The molecule has 1 amide bonds. The summed E-state index contributed by atoms with van der Waals surface area (Å²) in [7, 11) is 1.79. The lowest BCUT2D eigenvalue weighted by molar-refractivity contribution is 0.0646. The number of halogens is 1. The molecule has 1 atom stereocenters. The van der Waals surface area contributed by atoms with Crippen LogP contribution in [0.25, 0.3) is 17.1 Å². The summed E-state index contributed by atoms with van der Waals surface area (Å²) in [6, 6.07) is 7.05. The van der Waals surface area contributed by atoms with Crippen molar-refractivity contribution in [2.24, 2.45) is 7.05 Å². The first-order valence-corrected chi connectivity index (χ1v) is 10.7. The second-order valence-electron chi connectivity index (χ2n) is 7.46. The number of fused-ring (bicyclic) bond motifs is 2. The summed E-state index contributed by atoms with van der Waals surface area (Å²) in [6.45, 7) is 0.453. The molecule has 5 aromatic rings. The summed E-state index contributed by atoms with van der Waals surface area (Å²) in [5.74, 6) is -0.284. The Morgan fingerprint density at radius 2 is 2.16 bits per heavy atom. The smallest absolute Gasteiger partial charge is 0.312 e. The SMILES string of the molecule is Cn1ccc(-c2nnc(C(=O)N3CCc4[nH]cnc4C3c3cc4c(Br)cccn4n3)o2)n1. The van der Waals surface area contributed by atoms with Crippen LogP contribution in [0.1, 0.15) is 33.8 Å². The average molecular weight is 494 g/mol. The Morgan fingerprint density at radius 1 is 1.25 bits per heavy atom. The van der Waals surface area contributed by atoms with Crippen molar-refractivity contribution in [2.75, 3.05) is 6.54 Å². The predicted octanol–water partition coefficient (Wildman–Crippen LogP) is 2.39. The van der Waals surface area contributed by atoms with Gasteiger partial charge in [-0.05, 0) is 40.2 Å². The maximum Gasteiger partial charge on any atom is 0.312 e. The largest absolute Gasteiger partial charge is 0.411 e. The molecule has 5 aromatic heterocycles. The molecule has 0 aromatic carbocycles. The number of carbonyl (C=O) groups excluding carboxylic acids is 1. The van der Waals surface area contributed by atoms with E-state index in [4.69, 9.17) is 9.52 Å². The fraction of sp³-hybridized carbons (Fsp3) is 0.200. The quantitative estimate of drug-likeness (QED) is 0.409. The topological polar surface area (TPSA) is 123 Å². The lowest BCUT2D eigenvalue weighted by atomic mass is 9.99. The Labute approximate surface area is 189 Å². The van der Waals surface area contributed by atoms with Crippen molar-refractivity contribution in [1.82, 2.24) is 44.5 Å². The number of pyridine rings is 1. The summed E-state index contributed by atoms with van der Waals surface area (Å²) in [4.78, 5) is 22.8. The van der Waals surface area contributed by atoms with E-state index in [1.807, 2.05) is 24.4 Å². The van der Waals surface area contributed by atoms with E-state index >= 15 is 0 Å². The summed E-state index contributed by atoms with van der Waals surface area (Å²) in [5, 5.41) is 17.0. The number of aryl methyl sites for hydroxylation is 1. The van der Waals surface area contributed by atoms with E-state index < -0.39 is 6.04 Å². The third kappa shape index (κ3) is 2.94. The molecule has 0 bridgehead atoms. The van der Waals surface area contributed by atoms with Crippen LogP contribution in [0.5, 0.6) is 0 Å². The van der Waals surface area contributed by atoms with E-state index in [2.05, 4.69) is 41.2 Å². The molecule has 32 heavy (non-hydrogen) atoms. The molecule has 0 aliphatic carbocycles. The van der Waals surface area contributed by atoms with Gasteiger partial charge in [-0.2, -0.15) is 10.2 Å². The minimum Gasteiger partial charge on any atom is -0.411 e. The minimum atomic E-state index is -0.491. The maximum atomic E-state index is 13.5. The highest BCUT2D eigenvalue weighted by Crippen LogP contribution is 2.35. The number of carbonyl (C=O) groups is 1. The van der Waals surface area contributed by atoms with Crippen molar-refractivity contribution in [1.29, 1.82) is 0 Å². The van der Waals surface area contributed by atoms with Crippen LogP contribution in [0.3, 0.4) is 0 Å². The molecule has 1 N–H and O–H groups in total. The highest BCUT2D eigenvalue weighted by atomic mass is 79.9. The third-order valence-corrected chi connectivity index (χ3v) is 6.15. The van der Waals surface area contributed by atoms with Crippen LogP contribution >= 0.6 is 15.9 Å². The Morgan fingerprint density at radius 3 is 2.97 bits per heavy atom. The molecule has 12 heteroatoms. The molecule has 0 radical (unpaired) electrons. The number of nitrogens with one attached hydrogen (secondary N) is 1. The molecule has 1 unspecified atom stereocenters. The maximum absolute atomic E-state index is 13.5. The van der Waals surface area contributed by atoms with Gasteiger partial charge in [-0.3, -0.25) is 9.48 Å². The Balaban J connectivity index is 1.41. The third-order valence-electron chi connectivity index (χ3n) is 5.48. The number of aromatic nitrogens is 8. The van der Waals surface area contributed by atoms with Crippen LogP contribution in [0, 0.1) is 0 Å². The molecule has 160 valence electrons. The van der Waals surface area contributed by atoms with E-state index in [1.54, 1.807) is 39.7 Å². The number of imidazole rings is 1. The van der Waals surface area contributed by atoms with E-state index in [-0.39, 0.29) is 17.7 Å². The van der Waals surface area contributed by atoms with Gasteiger partial charge in [0.05, 0.1) is 23.2 Å². The lowest BCUT2D eigenvalue weighted by Crippen LogP contribution is -2.41. The van der Waals surface area contributed by atoms with E-state index in [1.165, 1.54) is 0 Å². The van der Waals surface area contributed by atoms with Crippen molar-refractivity contribution in [3.8, 4) is 11.6 Å². The molecule has 0 saturated carbocycles. The van der Waals surface area contributed by atoms with Gasteiger partial charge >= 0.3 is 11.8 Å². The normalized spacial score (nSPS) is 15.9. The molecule has 0 saturated heterocycles. The number of hydrogen-bond acceptors (Lipinski definition) is 7. The lowest BCUT2D eigenvalue weighted by Gasteiger charge is -2.32. The summed E-state index contributed by atoms with van der Waals surface area (Å²) < 4.78 is 9.99. The van der Waals surface area contributed by atoms with Crippen LogP contribution < -0.4 is 0 Å². The highest BCUT2D eigenvalue weighted by Gasteiger charge is 2.38. The molecule has 6 rings (SSSR count). The number of H-pyrrole nitrogens is 1. The number of nitrogens with zero attached hydrogens (tertiary/aromatic N) is 8. The first kappa shape index (κ1) is 18.9. The van der Waals surface area contributed by atoms with Gasteiger partial charge in [-0.25, -0.2) is 9.50 Å². The number of hydrogen-bond donors (Lipinski definition) is 1. The number of rotatable bonds is 3. The van der Waals surface area contributed by atoms with E-state index in [0.717, 1.165) is 21.4 Å². The molecule has 1 aliphatic rings. The zero-order valence-electron chi connectivity index (χ0n) is 16.8. The van der Waals surface area contributed by atoms with Crippen molar-refractivity contribution in [3.63, 3.8) is 0 Å². The fourth-order valence-electron chi connectivity index (χ4n) is 3.99. The standard InChI is InChI=1S/C20H16BrN9O2/c1-28-7-4-13(26-28)18-24-25-19(32-18)20(31)29-8-5-12-16(23-10-22-12)17(29)14-9-15-11(21)3-2-6-30(15)27-14/h2-4,6-7,9-10,17H,5,8H2,1H3,(H,22,23). The van der Waals surface area contributed by atoms with Crippen LogP contribution in [0.4, 0.5) is 0 Å². The van der Waals surface area contributed by atoms with Gasteiger partial charge in [0.25, 0.3) is 5.89 Å². The molecule has 11 nitrogen and oxygen atoms in total. The van der Waals surface area contributed by atoms with Crippen molar-refractivity contribution < 1.29 is 9.21 Å². The monoisotopic (exact) mass is 493 g/mol. The Hall–Kier alpha value is -3.80. The van der Waals surface area contributed by atoms with Gasteiger partial charge in [0, 0.05) is 42.6 Å². The van der Waals surface area contributed by atoms with Crippen LogP contribution in [-0.4, -0.2) is 56.9 Å². The van der Waals surface area contributed by atoms with Gasteiger partial charge in [0.15, 0.2) is 0 Å². The number of amides is 1. The van der Waals surface area contributed by atoms with E-state index in [0.29, 0.717) is 24.4 Å². The molecule has 6 heterocycles.